The van der Waals surface area contributed by atoms with Crippen LogP contribution in [0.4, 0.5) is 0 Å². The largest absolute Gasteiger partial charge is 0.383 e. The normalized spacial score (nSPS) is 11.5. The molecule has 0 aliphatic rings. The Labute approximate surface area is 90.1 Å². The number of hydrazine groups is 1. The molecule has 0 bridgehead atoms. The highest BCUT2D eigenvalue weighted by atomic mass is 16.5. The third kappa shape index (κ3) is 3.69. The molecule has 0 saturated heterocycles. The summed E-state index contributed by atoms with van der Waals surface area (Å²) in [5.74, 6) is 6.09. The molecule has 1 aromatic rings. The summed E-state index contributed by atoms with van der Waals surface area (Å²) >= 11 is 0. The molecule has 4 nitrogen and oxygen atoms in total. The summed E-state index contributed by atoms with van der Waals surface area (Å²) in [6.07, 6.45) is 0. The van der Waals surface area contributed by atoms with Gasteiger partial charge in [0.15, 0.2) is 0 Å². The second-order valence-corrected chi connectivity index (χ2v) is 3.23. The summed E-state index contributed by atoms with van der Waals surface area (Å²) in [5.41, 5.74) is 4.79. The van der Waals surface area contributed by atoms with Crippen molar-refractivity contribution >= 4 is 5.84 Å². The highest BCUT2D eigenvalue weighted by Gasteiger charge is 1.99. The molecule has 4 heteroatoms. The molecule has 0 atom stereocenters. The quantitative estimate of drug-likeness (QED) is 0.253. The van der Waals surface area contributed by atoms with Crippen LogP contribution >= 0.6 is 0 Å². The molecule has 3 N–H and O–H groups in total. The minimum absolute atomic E-state index is 0.594. The average Bonchev–Trinajstić information content (AvgIpc) is 2.26. The number of hydrogen-bond donors (Lipinski definition) is 2. The number of rotatable bonds is 4. The van der Waals surface area contributed by atoms with Crippen LogP contribution in [-0.4, -0.2) is 26.1 Å². The zero-order valence-corrected chi connectivity index (χ0v) is 9.16. The smallest absolute Gasteiger partial charge is 0.142 e. The lowest BCUT2D eigenvalue weighted by molar-refractivity contribution is 0.208. The van der Waals surface area contributed by atoms with Crippen LogP contribution in [0.25, 0.3) is 0 Å². The predicted octanol–water partition coefficient (Wildman–Crippen LogP) is 0.851. The lowest BCUT2D eigenvalue weighted by Gasteiger charge is -2.06. The number of amidine groups is 1. The van der Waals surface area contributed by atoms with Crippen molar-refractivity contribution in [2.24, 2.45) is 10.8 Å². The van der Waals surface area contributed by atoms with Crippen LogP contribution in [0.2, 0.25) is 0 Å². The Balaban J connectivity index is 2.73. The summed E-state index contributed by atoms with van der Waals surface area (Å²) in [5, 5.41) is 0. The molecule has 0 fully saturated rings. The highest BCUT2D eigenvalue weighted by molar-refractivity contribution is 5.98. The molecule has 1 aromatic carbocycles. The van der Waals surface area contributed by atoms with Gasteiger partial charge in [-0.25, -0.2) is 5.84 Å². The SMILES string of the molecule is COCCN=C(NN)c1ccc(C)cc1. The number of hydrogen-bond acceptors (Lipinski definition) is 3. The van der Waals surface area contributed by atoms with Gasteiger partial charge in [0.2, 0.25) is 0 Å². The summed E-state index contributed by atoms with van der Waals surface area (Å²) in [6, 6.07) is 8.03. The van der Waals surface area contributed by atoms with E-state index in [9.17, 15) is 0 Å². The topological polar surface area (TPSA) is 59.6 Å². The third-order valence-electron chi connectivity index (χ3n) is 2.03. The van der Waals surface area contributed by atoms with Gasteiger partial charge in [-0.1, -0.05) is 29.8 Å². The van der Waals surface area contributed by atoms with Gasteiger partial charge in [-0.15, -0.1) is 0 Å². The van der Waals surface area contributed by atoms with Crippen molar-refractivity contribution in [3.8, 4) is 0 Å². The molecular formula is C11H17N3O. The van der Waals surface area contributed by atoms with Crippen LogP contribution < -0.4 is 11.3 Å². The second kappa shape index (κ2) is 6.16. The molecule has 0 aromatic heterocycles. The van der Waals surface area contributed by atoms with Crippen molar-refractivity contribution in [1.82, 2.24) is 5.43 Å². The van der Waals surface area contributed by atoms with E-state index in [4.69, 9.17) is 10.6 Å². The molecular weight excluding hydrogens is 190 g/mol. The number of nitrogens with one attached hydrogen (secondary N) is 1. The Morgan fingerprint density at radius 1 is 1.40 bits per heavy atom. The van der Waals surface area contributed by atoms with E-state index in [-0.39, 0.29) is 0 Å². The van der Waals surface area contributed by atoms with Crippen molar-refractivity contribution in [3.63, 3.8) is 0 Å². The molecule has 0 amide bonds. The summed E-state index contributed by atoms with van der Waals surface area (Å²) < 4.78 is 4.92. The van der Waals surface area contributed by atoms with Crippen molar-refractivity contribution in [2.75, 3.05) is 20.3 Å². The first-order valence-electron chi connectivity index (χ1n) is 4.85. The number of methoxy groups -OCH3 is 1. The Hall–Kier alpha value is -1.39. The van der Waals surface area contributed by atoms with Gasteiger partial charge in [-0.2, -0.15) is 0 Å². The van der Waals surface area contributed by atoms with Gasteiger partial charge in [0.05, 0.1) is 13.2 Å². The van der Waals surface area contributed by atoms with Crippen LogP contribution in [0.5, 0.6) is 0 Å². The van der Waals surface area contributed by atoms with E-state index in [2.05, 4.69) is 10.4 Å². The molecule has 1 rings (SSSR count). The van der Waals surface area contributed by atoms with E-state index < -0.39 is 0 Å². The van der Waals surface area contributed by atoms with E-state index in [0.29, 0.717) is 19.0 Å². The van der Waals surface area contributed by atoms with Crippen LogP contribution in [-0.2, 0) is 4.74 Å². The summed E-state index contributed by atoms with van der Waals surface area (Å²) in [7, 11) is 1.65. The summed E-state index contributed by atoms with van der Waals surface area (Å²) in [4.78, 5) is 4.29. The molecule has 82 valence electrons. The maximum absolute atomic E-state index is 5.40. The van der Waals surface area contributed by atoms with Crippen LogP contribution in [0.3, 0.4) is 0 Å². The Bertz CT molecular complexity index is 319. The molecule has 15 heavy (non-hydrogen) atoms. The number of nitrogens with two attached hydrogens (primary N) is 1. The van der Waals surface area contributed by atoms with Crippen LogP contribution in [0, 0.1) is 6.92 Å². The molecule has 0 spiro atoms. The van der Waals surface area contributed by atoms with E-state index in [1.165, 1.54) is 5.56 Å². The first-order chi connectivity index (χ1) is 7.27. The van der Waals surface area contributed by atoms with Gasteiger partial charge in [-0.3, -0.25) is 4.99 Å². The number of nitrogens with zero attached hydrogens (tertiary/aromatic N) is 1. The molecule has 0 saturated carbocycles. The summed E-state index contributed by atoms with van der Waals surface area (Å²) in [6.45, 7) is 3.24. The van der Waals surface area contributed by atoms with E-state index in [1.807, 2.05) is 31.2 Å². The lowest BCUT2D eigenvalue weighted by atomic mass is 10.1. The molecule has 0 unspecified atom stereocenters. The van der Waals surface area contributed by atoms with Crippen molar-refractivity contribution < 1.29 is 4.74 Å². The van der Waals surface area contributed by atoms with E-state index >= 15 is 0 Å². The first kappa shape index (κ1) is 11.7. The average molecular weight is 207 g/mol. The van der Waals surface area contributed by atoms with Gasteiger partial charge < -0.3 is 10.2 Å². The number of benzene rings is 1. The zero-order valence-electron chi connectivity index (χ0n) is 9.16. The molecule has 0 heterocycles. The maximum atomic E-state index is 5.40. The fourth-order valence-corrected chi connectivity index (χ4v) is 1.18. The minimum atomic E-state index is 0.594. The van der Waals surface area contributed by atoms with E-state index in [0.717, 1.165) is 5.56 Å². The van der Waals surface area contributed by atoms with Gasteiger partial charge in [0.25, 0.3) is 0 Å². The monoisotopic (exact) mass is 207 g/mol. The third-order valence-corrected chi connectivity index (χ3v) is 2.03. The van der Waals surface area contributed by atoms with Gasteiger partial charge in [-0.05, 0) is 6.92 Å². The predicted molar refractivity (Wildman–Crippen MR) is 61.8 cm³/mol. The molecule has 0 aliphatic heterocycles. The van der Waals surface area contributed by atoms with Gasteiger partial charge in [0.1, 0.15) is 5.84 Å². The Morgan fingerprint density at radius 2 is 2.07 bits per heavy atom. The van der Waals surface area contributed by atoms with Gasteiger partial charge >= 0.3 is 0 Å². The Kier molecular flexibility index (Phi) is 4.80. The number of aryl methyl sites for hydroxylation is 1. The maximum Gasteiger partial charge on any atom is 0.142 e. The second-order valence-electron chi connectivity index (χ2n) is 3.23. The van der Waals surface area contributed by atoms with Crippen molar-refractivity contribution in [1.29, 1.82) is 0 Å². The Morgan fingerprint density at radius 3 is 2.60 bits per heavy atom. The standard InChI is InChI=1S/C11H17N3O/c1-9-3-5-10(6-4-9)11(14-12)13-7-8-15-2/h3-6H,7-8,12H2,1-2H3,(H,13,14). The number of ether oxygens (including phenoxy) is 1. The first-order valence-corrected chi connectivity index (χ1v) is 4.85. The van der Waals surface area contributed by atoms with E-state index in [1.54, 1.807) is 7.11 Å². The highest BCUT2D eigenvalue weighted by Crippen LogP contribution is 2.03. The zero-order chi connectivity index (χ0) is 11.1. The minimum Gasteiger partial charge on any atom is -0.383 e. The molecule has 0 radical (unpaired) electrons. The molecule has 0 aliphatic carbocycles. The van der Waals surface area contributed by atoms with Crippen molar-refractivity contribution in [2.45, 2.75) is 6.92 Å². The van der Waals surface area contributed by atoms with Gasteiger partial charge in [0, 0.05) is 12.7 Å². The van der Waals surface area contributed by atoms with Crippen LogP contribution in [0.15, 0.2) is 29.3 Å². The van der Waals surface area contributed by atoms with Crippen molar-refractivity contribution in [3.05, 3.63) is 35.4 Å². The fraction of sp³-hybridized carbons (Fsp3) is 0.364. The number of aliphatic imine (C=N–C) groups is 1. The fourth-order valence-electron chi connectivity index (χ4n) is 1.18. The van der Waals surface area contributed by atoms with Crippen LogP contribution in [0.1, 0.15) is 11.1 Å². The lowest BCUT2D eigenvalue weighted by Crippen LogP contribution is -2.31.